The van der Waals surface area contributed by atoms with Crippen LogP contribution in [0.25, 0.3) is 21.5 Å². The van der Waals surface area contributed by atoms with Gasteiger partial charge < -0.3 is 0 Å². The molecule has 0 amide bonds. The molecule has 1 atom stereocenters. The molecule has 0 heterocycles. The zero-order valence-corrected chi connectivity index (χ0v) is 28.4. The van der Waals surface area contributed by atoms with E-state index in [1.807, 2.05) is 0 Å². The monoisotopic (exact) mass is 612 g/mol. The van der Waals surface area contributed by atoms with Crippen molar-refractivity contribution in [1.82, 2.24) is 0 Å². The molecule has 0 saturated carbocycles. The van der Waals surface area contributed by atoms with Crippen molar-refractivity contribution in [2.24, 2.45) is 11.3 Å². The molecule has 0 nitrogen and oxygen atoms in total. The van der Waals surface area contributed by atoms with Gasteiger partial charge >= 0.3 is 99.2 Å². The molecule has 1 aliphatic carbocycles. The SMILES string of the molecule is CC1[C-]=CC(C(C)(C)C)=C1.Cc1cc2[cH-]c3cc(C)c(C)cc3c2cc1C.[Zr+2]=[C](c1ccccc1)c1ccccc1. The fourth-order valence-corrected chi connectivity index (χ4v) is 5.80. The first-order valence-corrected chi connectivity index (χ1v) is 15.8. The maximum absolute atomic E-state index is 3.26. The van der Waals surface area contributed by atoms with E-state index in [2.05, 4.69) is 165 Å². The van der Waals surface area contributed by atoms with Crippen molar-refractivity contribution in [3.63, 3.8) is 0 Å². The Morgan fingerprint density at radius 2 is 1.10 bits per heavy atom. The van der Waals surface area contributed by atoms with E-state index in [9.17, 15) is 0 Å². The van der Waals surface area contributed by atoms with Gasteiger partial charge in [-0.05, 0) is 27.7 Å². The third-order valence-electron chi connectivity index (χ3n) is 7.86. The van der Waals surface area contributed by atoms with Gasteiger partial charge in [-0.15, -0.1) is 39.7 Å². The topological polar surface area (TPSA) is 0 Å². The van der Waals surface area contributed by atoms with E-state index in [1.54, 1.807) is 0 Å². The molecule has 5 aromatic carbocycles. The molecular formula is C40H42Zr. The molecule has 1 heteroatoms. The summed E-state index contributed by atoms with van der Waals surface area (Å²) in [6, 6.07) is 32.7. The summed E-state index contributed by atoms with van der Waals surface area (Å²) in [5.41, 5.74) is 9.89. The van der Waals surface area contributed by atoms with Gasteiger partial charge in [0.25, 0.3) is 0 Å². The molecule has 0 saturated heterocycles. The van der Waals surface area contributed by atoms with Crippen LogP contribution in [0.5, 0.6) is 0 Å². The molecule has 0 radical (unpaired) electrons. The summed E-state index contributed by atoms with van der Waals surface area (Å²) in [6.07, 6.45) is 7.65. The van der Waals surface area contributed by atoms with Crippen LogP contribution in [0, 0.1) is 45.1 Å². The molecule has 0 spiro atoms. The Balaban J connectivity index is 0.000000147. The van der Waals surface area contributed by atoms with Gasteiger partial charge in [0.2, 0.25) is 0 Å². The number of fused-ring (bicyclic) bond motifs is 3. The van der Waals surface area contributed by atoms with E-state index in [0.29, 0.717) is 11.3 Å². The minimum atomic E-state index is 0.303. The molecule has 0 fully saturated rings. The molecular weight excluding hydrogens is 572 g/mol. The predicted octanol–water partition coefficient (Wildman–Crippen LogP) is 10.7. The van der Waals surface area contributed by atoms with Crippen LogP contribution >= 0.6 is 0 Å². The zero-order chi connectivity index (χ0) is 29.7. The Kier molecular flexibility index (Phi) is 10.0. The zero-order valence-electron chi connectivity index (χ0n) is 25.9. The van der Waals surface area contributed by atoms with E-state index in [-0.39, 0.29) is 0 Å². The van der Waals surface area contributed by atoms with Crippen LogP contribution in [-0.2, 0) is 24.2 Å². The van der Waals surface area contributed by atoms with Crippen molar-refractivity contribution in [3.8, 4) is 0 Å². The van der Waals surface area contributed by atoms with E-state index in [0.717, 1.165) is 0 Å². The van der Waals surface area contributed by atoms with Gasteiger partial charge in [0.1, 0.15) is 0 Å². The molecule has 206 valence electrons. The molecule has 41 heavy (non-hydrogen) atoms. The van der Waals surface area contributed by atoms with Crippen molar-refractivity contribution in [1.29, 1.82) is 0 Å². The van der Waals surface area contributed by atoms with Crippen LogP contribution in [0.4, 0.5) is 0 Å². The Morgan fingerprint density at radius 3 is 1.44 bits per heavy atom. The molecule has 0 aliphatic heterocycles. The fourth-order valence-electron chi connectivity index (χ4n) is 4.98. The first-order valence-electron chi connectivity index (χ1n) is 14.5. The molecule has 5 aromatic rings. The Hall–Kier alpha value is -3.02. The number of aryl methyl sites for hydroxylation is 4. The number of hydrogen-bond donors (Lipinski definition) is 0. The molecule has 1 unspecified atom stereocenters. The number of hydrogen-bond acceptors (Lipinski definition) is 0. The summed E-state index contributed by atoms with van der Waals surface area (Å²) in [7, 11) is 0. The van der Waals surface area contributed by atoms with Crippen LogP contribution in [0.3, 0.4) is 0 Å². The Morgan fingerprint density at radius 1 is 0.683 bits per heavy atom. The minimum absolute atomic E-state index is 0.303. The standard InChI is InChI=1S/C17H17.C13H10.C10H15.Zr/c1-10-5-14-9-15-6-11(2)13(4)8-17(15)16(14)7-12(10)3;1-3-7-12(8-4-1)11-13-9-5-2-6-10-13;1-8-5-6-9(7-8)10(2,3)4;/h5-9H,1-4H3;1-10H;6-8H,1-4H3;/q-1;;-1;+2. The second-order valence-corrected chi connectivity index (χ2v) is 13.5. The average Bonchev–Trinajstić information content (AvgIpc) is 3.54. The summed E-state index contributed by atoms with van der Waals surface area (Å²) >= 11 is 1.46. The number of benzene rings is 4. The van der Waals surface area contributed by atoms with Crippen molar-refractivity contribution >= 4 is 24.8 Å². The second kappa shape index (κ2) is 13.3. The first kappa shape index (κ1) is 30.9. The van der Waals surface area contributed by atoms with Crippen LogP contribution in [-0.4, -0.2) is 3.21 Å². The van der Waals surface area contributed by atoms with E-state index < -0.39 is 0 Å². The van der Waals surface area contributed by atoms with Gasteiger partial charge in [0.15, 0.2) is 0 Å². The van der Waals surface area contributed by atoms with Gasteiger partial charge in [0.05, 0.1) is 0 Å². The van der Waals surface area contributed by atoms with E-state index in [4.69, 9.17) is 0 Å². The quantitative estimate of drug-likeness (QED) is 0.174. The van der Waals surface area contributed by atoms with Crippen molar-refractivity contribution in [2.75, 3.05) is 0 Å². The van der Waals surface area contributed by atoms with Gasteiger partial charge in [-0.1, -0.05) is 73.4 Å². The molecule has 0 N–H and O–H groups in total. The van der Waals surface area contributed by atoms with Crippen LogP contribution in [0.2, 0.25) is 0 Å². The van der Waals surface area contributed by atoms with E-state index >= 15 is 0 Å². The van der Waals surface area contributed by atoms with Crippen LogP contribution in [0.1, 0.15) is 61.1 Å². The third-order valence-corrected chi connectivity index (χ3v) is 9.27. The number of rotatable bonds is 2. The Labute approximate surface area is 262 Å². The molecule has 6 rings (SSSR count). The van der Waals surface area contributed by atoms with Gasteiger partial charge in [-0.3, -0.25) is 6.08 Å². The van der Waals surface area contributed by atoms with Crippen LogP contribution < -0.4 is 0 Å². The second-order valence-electron chi connectivity index (χ2n) is 12.3. The molecule has 1 aliphatic rings. The summed E-state index contributed by atoms with van der Waals surface area (Å²) in [5, 5.41) is 5.53. The van der Waals surface area contributed by atoms with Crippen molar-refractivity contribution in [3.05, 3.63) is 148 Å². The van der Waals surface area contributed by atoms with Gasteiger partial charge in [0, 0.05) is 0 Å². The molecule has 0 aromatic heterocycles. The van der Waals surface area contributed by atoms with Crippen LogP contribution in [0.15, 0.2) is 109 Å². The summed E-state index contributed by atoms with van der Waals surface area (Å²) < 4.78 is 1.42. The van der Waals surface area contributed by atoms with Gasteiger partial charge in [-0.25, -0.2) is 6.08 Å². The first-order chi connectivity index (χ1) is 19.4. The third kappa shape index (κ3) is 7.84. The number of allylic oxidation sites excluding steroid dienone is 4. The predicted molar refractivity (Wildman–Crippen MR) is 177 cm³/mol. The average molecular weight is 614 g/mol. The summed E-state index contributed by atoms with van der Waals surface area (Å²) in [6.45, 7) is 17.6. The van der Waals surface area contributed by atoms with Gasteiger partial charge in [-0.2, -0.15) is 11.6 Å². The normalized spacial score (nSPS) is 14.3. The molecule has 0 bridgehead atoms. The summed E-state index contributed by atoms with van der Waals surface area (Å²) in [4.78, 5) is 0. The van der Waals surface area contributed by atoms with E-state index in [1.165, 1.54) is 87.9 Å². The fraction of sp³-hybridized carbons (Fsp3) is 0.250. The van der Waals surface area contributed by atoms with Crippen molar-refractivity contribution in [2.45, 2.75) is 55.4 Å². The Bertz CT molecular complexity index is 1600. The summed E-state index contributed by atoms with van der Waals surface area (Å²) in [5.74, 6) is 0.522. The maximum atomic E-state index is 3.26. The van der Waals surface area contributed by atoms with Crippen molar-refractivity contribution < 1.29 is 24.2 Å².